The lowest BCUT2D eigenvalue weighted by atomic mass is 9.99. The standard InChI is InChI=1S/C15H25NO4S/c1-5-10(2)11(3)16(13-6-7-13)15(17)14-12(4)20-8-9-21(14,18)19/h10-11,13H,5-9H2,1-4H3/t10-,11-/m0/s1. The summed E-state index contributed by atoms with van der Waals surface area (Å²) in [6.07, 6.45) is 2.87. The summed E-state index contributed by atoms with van der Waals surface area (Å²) in [6, 6.07) is 0.214. The molecule has 2 atom stereocenters. The van der Waals surface area contributed by atoms with Crippen LogP contribution in [0.4, 0.5) is 0 Å². The van der Waals surface area contributed by atoms with Crippen molar-refractivity contribution in [1.29, 1.82) is 0 Å². The number of hydrogen-bond acceptors (Lipinski definition) is 4. The fourth-order valence-electron chi connectivity index (χ4n) is 2.74. The first-order valence-corrected chi connectivity index (χ1v) is 9.34. The van der Waals surface area contributed by atoms with Gasteiger partial charge >= 0.3 is 0 Å². The van der Waals surface area contributed by atoms with Crippen molar-refractivity contribution >= 4 is 15.7 Å². The van der Waals surface area contributed by atoms with E-state index in [0.29, 0.717) is 5.92 Å². The molecule has 21 heavy (non-hydrogen) atoms. The minimum Gasteiger partial charge on any atom is -0.496 e. The number of nitrogens with zero attached hydrogens (tertiary/aromatic N) is 1. The Morgan fingerprint density at radius 2 is 2.00 bits per heavy atom. The average Bonchev–Trinajstić information content (AvgIpc) is 3.21. The van der Waals surface area contributed by atoms with Crippen LogP contribution in [0.2, 0.25) is 0 Å². The molecule has 2 rings (SSSR count). The highest BCUT2D eigenvalue weighted by atomic mass is 32.2. The van der Waals surface area contributed by atoms with Crippen LogP contribution < -0.4 is 0 Å². The van der Waals surface area contributed by atoms with Crippen molar-refractivity contribution < 1.29 is 17.9 Å². The molecule has 5 nitrogen and oxygen atoms in total. The van der Waals surface area contributed by atoms with E-state index in [0.717, 1.165) is 19.3 Å². The third-order valence-corrected chi connectivity index (χ3v) is 6.36. The quantitative estimate of drug-likeness (QED) is 0.779. The maximum Gasteiger partial charge on any atom is 0.269 e. The van der Waals surface area contributed by atoms with Gasteiger partial charge in [-0.1, -0.05) is 20.3 Å². The Bertz CT molecular complexity index is 548. The highest BCUT2D eigenvalue weighted by Gasteiger charge is 2.43. The van der Waals surface area contributed by atoms with E-state index in [9.17, 15) is 13.2 Å². The first-order valence-electron chi connectivity index (χ1n) is 7.68. The summed E-state index contributed by atoms with van der Waals surface area (Å²) in [7, 11) is -3.53. The van der Waals surface area contributed by atoms with Crippen LogP contribution in [-0.4, -0.2) is 43.7 Å². The van der Waals surface area contributed by atoms with Crippen LogP contribution in [0, 0.1) is 5.92 Å². The summed E-state index contributed by atoms with van der Waals surface area (Å²) in [5, 5.41) is 0. The minimum atomic E-state index is -3.53. The molecule has 120 valence electrons. The normalized spacial score (nSPS) is 24.2. The van der Waals surface area contributed by atoms with Crippen LogP contribution in [0.1, 0.15) is 47.0 Å². The Morgan fingerprint density at radius 1 is 1.38 bits per heavy atom. The number of allylic oxidation sites excluding steroid dienone is 1. The van der Waals surface area contributed by atoms with E-state index in [1.165, 1.54) is 0 Å². The number of hydrogen-bond donors (Lipinski definition) is 0. The van der Waals surface area contributed by atoms with Gasteiger partial charge in [0.2, 0.25) is 0 Å². The van der Waals surface area contributed by atoms with Gasteiger partial charge in [0.05, 0.1) is 5.75 Å². The van der Waals surface area contributed by atoms with E-state index < -0.39 is 9.84 Å². The Labute approximate surface area is 127 Å². The minimum absolute atomic E-state index is 0.0347. The molecule has 1 heterocycles. The van der Waals surface area contributed by atoms with Crippen LogP contribution in [0.5, 0.6) is 0 Å². The fourth-order valence-corrected chi connectivity index (χ4v) is 4.12. The van der Waals surface area contributed by atoms with E-state index >= 15 is 0 Å². The van der Waals surface area contributed by atoms with Crippen LogP contribution in [0.3, 0.4) is 0 Å². The zero-order chi connectivity index (χ0) is 15.8. The predicted molar refractivity (Wildman–Crippen MR) is 81.2 cm³/mol. The van der Waals surface area contributed by atoms with Crippen molar-refractivity contribution in [2.24, 2.45) is 5.92 Å². The Morgan fingerprint density at radius 3 is 2.48 bits per heavy atom. The highest BCUT2D eigenvalue weighted by molar-refractivity contribution is 7.96. The second kappa shape index (κ2) is 5.99. The van der Waals surface area contributed by atoms with Crippen molar-refractivity contribution in [2.45, 2.75) is 59.0 Å². The van der Waals surface area contributed by atoms with Gasteiger partial charge < -0.3 is 9.64 Å². The summed E-state index contributed by atoms with van der Waals surface area (Å²) < 4.78 is 29.8. The molecular formula is C15H25NO4S. The molecular weight excluding hydrogens is 290 g/mol. The second-order valence-corrected chi connectivity index (χ2v) is 8.17. The van der Waals surface area contributed by atoms with Crippen molar-refractivity contribution in [2.75, 3.05) is 12.4 Å². The van der Waals surface area contributed by atoms with Crippen LogP contribution in [0.15, 0.2) is 10.7 Å². The van der Waals surface area contributed by atoms with E-state index in [1.807, 2.05) is 6.92 Å². The summed E-state index contributed by atoms with van der Waals surface area (Å²) in [6.45, 7) is 7.90. The molecule has 1 saturated carbocycles. The zero-order valence-corrected chi connectivity index (χ0v) is 14.1. The molecule has 0 aromatic carbocycles. The summed E-state index contributed by atoms with van der Waals surface area (Å²) in [4.78, 5) is 14.5. The van der Waals surface area contributed by atoms with Gasteiger partial charge in [-0.2, -0.15) is 0 Å². The van der Waals surface area contributed by atoms with Gasteiger partial charge in [0, 0.05) is 12.1 Å². The lowest BCUT2D eigenvalue weighted by Crippen LogP contribution is -2.46. The van der Waals surface area contributed by atoms with Crippen molar-refractivity contribution in [3.63, 3.8) is 0 Å². The van der Waals surface area contributed by atoms with E-state index in [-0.39, 0.29) is 41.0 Å². The molecule has 1 fully saturated rings. The lowest BCUT2D eigenvalue weighted by Gasteiger charge is -2.34. The Balaban J connectivity index is 2.35. The largest absolute Gasteiger partial charge is 0.496 e. The molecule has 0 radical (unpaired) electrons. The van der Waals surface area contributed by atoms with Crippen LogP contribution in [-0.2, 0) is 19.4 Å². The van der Waals surface area contributed by atoms with E-state index in [1.54, 1.807) is 11.8 Å². The molecule has 0 aromatic rings. The van der Waals surface area contributed by atoms with Crippen LogP contribution in [0.25, 0.3) is 0 Å². The first kappa shape index (κ1) is 16.3. The summed E-state index contributed by atoms with van der Waals surface area (Å²) >= 11 is 0. The maximum atomic E-state index is 12.9. The predicted octanol–water partition coefficient (Wildman–Crippen LogP) is 2.09. The van der Waals surface area contributed by atoms with Crippen molar-refractivity contribution in [3.05, 3.63) is 10.7 Å². The molecule has 0 saturated heterocycles. The molecule has 1 aliphatic carbocycles. The number of carbonyl (C=O) groups is 1. The molecule has 0 spiro atoms. The second-order valence-electron chi connectivity index (χ2n) is 6.12. The van der Waals surface area contributed by atoms with Gasteiger partial charge in [0.1, 0.15) is 12.4 Å². The van der Waals surface area contributed by atoms with Gasteiger partial charge in [0.25, 0.3) is 5.91 Å². The van der Waals surface area contributed by atoms with Crippen LogP contribution >= 0.6 is 0 Å². The number of ether oxygens (including phenoxy) is 1. The monoisotopic (exact) mass is 315 g/mol. The molecule has 1 aliphatic heterocycles. The van der Waals surface area contributed by atoms with Gasteiger partial charge in [0.15, 0.2) is 14.7 Å². The zero-order valence-electron chi connectivity index (χ0n) is 13.3. The topological polar surface area (TPSA) is 63.7 Å². The van der Waals surface area contributed by atoms with Gasteiger partial charge in [-0.15, -0.1) is 0 Å². The molecule has 2 aliphatic rings. The van der Waals surface area contributed by atoms with E-state index in [2.05, 4.69) is 13.8 Å². The number of sulfone groups is 1. The van der Waals surface area contributed by atoms with Gasteiger partial charge in [-0.3, -0.25) is 4.79 Å². The highest BCUT2D eigenvalue weighted by Crippen LogP contribution is 2.34. The Hall–Kier alpha value is -1.04. The van der Waals surface area contributed by atoms with Gasteiger partial charge in [-0.25, -0.2) is 8.42 Å². The molecule has 0 aromatic heterocycles. The first-order chi connectivity index (χ1) is 9.79. The molecule has 0 N–H and O–H groups in total. The molecule has 0 unspecified atom stereocenters. The van der Waals surface area contributed by atoms with Crippen molar-refractivity contribution in [3.8, 4) is 0 Å². The smallest absolute Gasteiger partial charge is 0.269 e. The maximum absolute atomic E-state index is 12.9. The third kappa shape index (κ3) is 3.25. The number of rotatable bonds is 5. The molecule has 6 heteroatoms. The Kier molecular flexibility index (Phi) is 4.66. The van der Waals surface area contributed by atoms with Gasteiger partial charge in [-0.05, 0) is 32.6 Å². The summed E-state index contributed by atoms with van der Waals surface area (Å²) in [5.41, 5.74) is 0. The van der Waals surface area contributed by atoms with Crippen molar-refractivity contribution in [1.82, 2.24) is 4.90 Å². The number of amides is 1. The molecule has 1 amide bonds. The average molecular weight is 315 g/mol. The summed E-state index contributed by atoms with van der Waals surface area (Å²) in [5.74, 6) is 0.0974. The third-order valence-electron chi connectivity index (χ3n) is 4.58. The fraction of sp³-hybridized carbons (Fsp3) is 0.800. The number of carbonyl (C=O) groups excluding carboxylic acids is 1. The SMILES string of the molecule is CC[C@H](C)[C@H](C)N(C(=O)C1=C(C)OCCS1(=O)=O)C1CC1. The lowest BCUT2D eigenvalue weighted by molar-refractivity contribution is -0.130. The van der Waals surface area contributed by atoms with E-state index in [4.69, 9.17) is 4.74 Å². The molecule has 0 bridgehead atoms.